The maximum Gasteiger partial charge on any atom is 0.0705 e. The van der Waals surface area contributed by atoms with E-state index < -0.39 is 0 Å². The van der Waals surface area contributed by atoms with Crippen LogP contribution in [0.15, 0.2) is 45.3 Å². The molecule has 1 fully saturated rings. The third-order valence-corrected chi connectivity index (χ3v) is 5.42. The maximum absolute atomic E-state index is 5.92. The predicted molar refractivity (Wildman–Crippen MR) is 97.9 cm³/mol. The Kier molecular flexibility index (Phi) is 5.52. The molecular weight excluding hydrogens is 382 g/mol. The van der Waals surface area contributed by atoms with E-state index in [-0.39, 0.29) is 0 Å². The Balaban J connectivity index is 1.48. The van der Waals surface area contributed by atoms with Crippen molar-refractivity contribution < 1.29 is 0 Å². The quantitative estimate of drug-likeness (QED) is 0.714. The lowest BCUT2D eigenvalue weighted by atomic mass is 10.2. The monoisotopic (exact) mass is 397 g/mol. The molecule has 0 atom stereocenters. The molecular formula is C16H17BrClN3S. The van der Waals surface area contributed by atoms with E-state index in [2.05, 4.69) is 55.2 Å². The highest BCUT2D eigenvalue weighted by molar-refractivity contribution is 9.11. The summed E-state index contributed by atoms with van der Waals surface area (Å²) in [6.45, 7) is 4.99. The topological polar surface area (TPSA) is 18.8 Å². The van der Waals surface area contributed by atoms with Gasteiger partial charge in [-0.25, -0.2) is 0 Å². The molecule has 0 N–H and O–H groups in total. The van der Waals surface area contributed by atoms with Crippen LogP contribution in [0.2, 0.25) is 5.02 Å². The molecule has 1 aromatic carbocycles. The molecule has 0 radical (unpaired) electrons. The van der Waals surface area contributed by atoms with Crippen LogP contribution >= 0.6 is 38.9 Å². The molecule has 1 aliphatic heterocycles. The van der Waals surface area contributed by atoms with Gasteiger partial charge in [0.2, 0.25) is 0 Å². The van der Waals surface area contributed by atoms with Gasteiger partial charge in [0.25, 0.3) is 0 Å². The van der Waals surface area contributed by atoms with Crippen molar-refractivity contribution in [2.24, 2.45) is 5.10 Å². The van der Waals surface area contributed by atoms with Gasteiger partial charge in [-0.2, -0.15) is 5.10 Å². The lowest BCUT2D eigenvalue weighted by Crippen LogP contribution is -2.43. The Morgan fingerprint density at radius 1 is 1.09 bits per heavy atom. The van der Waals surface area contributed by atoms with E-state index in [0.29, 0.717) is 0 Å². The van der Waals surface area contributed by atoms with Gasteiger partial charge in [-0.3, -0.25) is 9.91 Å². The van der Waals surface area contributed by atoms with Gasteiger partial charge >= 0.3 is 0 Å². The second-order valence-electron chi connectivity index (χ2n) is 5.24. The average Bonchev–Trinajstić information content (AvgIpc) is 2.94. The minimum atomic E-state index is 0.795. The molecule has 0 aliphatic carbocycles. The molecule has 116 valence electrons. The van der Waals surface area contributed by atoms with Gasteiger partial charge in [0.1, 0.15) is 0 Å². The summed E-state index contributed by atoms with van der Waals surface area (Å²) in [5, 5.41) is 7.51. The molecule has 0 unspecified atom stereocenters. The highest BCUT2D eigenvalue weighted by Crippen LogP contribution is 2.20. The number of thiophene rings is 1. The second-order valence-corrected chi connectivity index (χ2v) is 8.17. The Labute approximate surface area is 148 Å². The van der Waals surface area contributed by atoms with Crippen molar-refractivity contribution in [2.75, 3.05) is 26.2 Å². The van der Waals surface area contributed by atoms with Gasteiger partial charge in [0.15, 0.2) is 0 Å². The fourth-order valence-electron chi connectivity index (χ4n) is 2.40. The van der Waals surface area contributed by atoms with E-state index in [1.54, 1.807) is 11.3 Å². The van der Waals surface area contributed by atoms with Crippen LogP contribution in [0.1, 0.15) is 10.4 Å². The van der Waals surface area contributed by atoms with E-state index in [1.165, 1.54) is 10.4 Å². The Hall–Kier alpha value is -0.880. The van der Waals surface area contributed by atoms with Gasteiger partial charge in [0, 0.05) is 42.6 Å². The third kappa shape index (κ3) is 4.56. The van der Waals surface area contributed by atoms with Crippen molar-refractivity contribution in [3.05, 3.63) is 55.6 Å². The molecule has 6 heteroatoms. The van der Waals surface area contributed by atoms with Gasteiger partial charge in [-0.1, -0.05) is 23.7 Å². The molecule has 1 saturated heterocycles. The molecule has 3 nitrogen and oxygen atoms in total. The van der Waals surface area contributed by atoms with Crippen molar-refractivity contribution in [3.63, 3.8) is 0 Å². The van der Waals surface area contributed by atoms with Crippen LogP contribution in [-0.4, -0.2) is 42.3 Å². The summed E-state index contributed by atoms with van der Waals surface area (Å²) in [5.41, 5.74) is 1.31. The summed E-state index contributed by atoms with van der Waals surface area (Å²) in [5.74, 6) is 0. The Morgan fingerprint density at radius 2 is 1.82 bits per heavy atom. The van der Waals surface area contributed by atoms with Crippen LogP contribution in [0.3, 0.4) is 0 Å². The second kappa shape index (κ2) is 7.59. The number of benzene rings is 1. The molecule has 0 spiro atoms. The zero-order chi connectivity index (χ0) is 15.4. The lowest BCUT2D eigenvalue weighted by Gasteiger charge is -2.33. The smallest absolute Gasteiger partial charge is 0.0705 e. The first-order valence-electron chi connectivity index (χ1n) is 7.20. The molecule has 1 aliphatic rings. The van der Waals surface area contributed by atoms with Gasteiger partial charge in [-0.15, -0.1) is 11.3 Å². The van der Waals surface area contributed by atoms with Crippen molar-refractivity contribution in [1.29, 1.82) is 0 Å². The number of hydrogen-bond acceptors (Lipinski definition) is 4. The van der Waals surface area contributed by atoms with Gasteiger partial charge < -0.3 is 0 Å². The first kappa shape index (κ1) is 16.0. The minimum absolute atomic E-state index is 0.795. The minimum Gasteiger partial charge on any atom is -0.295 e. The first-order chi connectivity index (χ1) is 10.7. The molecule has 2 heterocycles. The Morgan fingerprint density at radius 3 is 2.45 bits per heavy atom. The molecule has 22 heavy (non-hydrogen) atoms. The van der Waals surface area contributed by atoms with Gasteiger partial charge in [0.05, 0.1) is 10.0 Å². The fourth-order valence-corrected chi connectivity index (χ4v) is 3.81. The summed E-state index contributed by atoms with van der Waals surface area (Å²) in [4.78, 5) is 3.63. The molecule has 0 amide bonds. The third-order valence-electron chi connectivity index (χ3n) is 3.61. The average molecular weight is 399 g/mol. The summed E-state index contributed by atoms with van der Waals surface area (Å²) < 4.78 is 1.14. The lowest BCUT2D eigenvalue weighted by molar-refractivity contribution is 0.131. The Bertz CT molecular complexity index is 633. The van der Waals surface area contributed by atoms with Crippen molar-refractivity contribution in [1.82, 2.24) is 9.91 Å². The number of hydrogen-bond donors (Lipinski definition) is 0. The van der Waals surface area contributed by atoms with Crippen LogP contribution in [0.5, 0.6) is 0 Å². The SMILES string of the molecule is Clc1ccc(CN2CCN(N=Cc3ccc(Br)s3)CC2)cc1. The van der Waals surface area contributed by atoms with Crippen LogP contribution in [-0.2, 0) is 6.54 Å². The van der Waals surface area contributed by atoms with E-state index in [1.807, 2.05) is 18.3 Å². The largest absolute Gasteiger partial charge is 0.295 e. The van der Waals surface area contributed by atoms with Crippen molar-refractivity contribution in [2.45, 2.75) is 6.54 Å². The van der Waals surface area contributed by atoms with Crippen LogP contribution in [0.4, 0.5) is 0 Å². The van der Waals surface area contributed by atoms with Crippen molar-refractivity contribution in [3.8, 4) is 0 Å². The number of halogens is 2. The maximum atomic E-state index is 5.92. The fraction of sp³-hybridized carbons (Fsp3) is 0.312. The van der Waals surface area contributed by atoms with E-state index in [9.17, 15) is 0 Å². The summed E-state index contributed by atoms with van der Waals surface area (Å²) in [7, 11) is 0. The molecule has 0 saturated carbocycles. The van der Waals surface area contributed by atoms with Crippen LogP contribution < -0.4 is 0 Å². The van der Waals surface area contributed by atoms with Crippen molar-refractivity contribution >= 4 is 45.1 Å². The van der Waals surface area contributed by atoms with E-state index >= 15 is 0 Å². The van der Waals surface area contributed by atoms with Crippen LogP contribution in [0.25, 0.3) is 0 Å². The summed E-state index contributed by atoms with van der Waals surface area (Å²) >= 11 is 11.1. The number of piperazine rings is 1. The van der Waals surface area contributed by atoms with Gasteiger partial charge in [-0.05, 0) is 45.8 Å². The van der Waals surface area contributed by atoms with Crippen LogP contribution in [0, 0.1) is 0 Å². The predicted octanol–water partition coefficient (Wildman–Crippen LogP) is 4.32. The number of nitrogens with zero attached hydrogens (tertiary/aromatic N) is 3. The standard InChI is InChI=1S/C16H17BrClN3S/c17-16-6-5-15(22-16)11-19-21-9-7-20(8-10-21)12-13-1-3-14(18)4-2-13/h1-6,11H,7-10,12H2. The molecule has 1 aromatic heterocycles. The highest BCUT2D eigenvalue weighted by Gasteiger charge is 2.15. The normalized spacial score (nSPS) is 16.5. The van der Waals surface area contributed by atoms with E-state index in [4.69, 9.17) is 11.6 Å². The zero-order valence-electron chi connectivity index (χ0n) is 12.1. The molecule has 3 rings (SSSR count). The molecule has 0 bridgehead atoms. The molecule has 2 aromatic rings. The summed E-state index contributed by atoms with van der Waals surface area (Å²) in [6, 6.07) is 12.2. The zero-order valence-corrected chi connectivity index (χ0v) is 15.2. The summed E-state index contributed by atoms with van der Waals surface area (Å²) in [6.07, 6.45) is 1.95. The first-order valence-corrected chi connectivity index (χ1v) is 9.19. The number of hydrazone groups is 1. The highest BCUT2D eigenvalue weighted by atomic mass is 79.9. The number of rotatable bonds is 4. The van der Waals surface area contributed by atoms with E-state index in [0.717, 1.165) is 41.5 Å².